The maximum Gasteiger partial charge on any atom is 0.276 e. The summed E-state index contributed by atoms with van der Waals surface area (Å²) in [5.74, 6) is 1.58. The van der Waals surface area contributed by atoms with Crippen molar-refractivity contribution in [3.63, 3.8) is 0 Å². The van der Waals surface area contributed by atoms with Crippen molar-refractivity contribution in [2.45, 2.75) is 13.0 Å². The van der Waals surface area contributed by atoms with Gasteiger partial charge in [-0.1, -0.05) is 30.3 Å². The minimum Gasteiger partial charge on any atom is -0.459 e. The number of amides is 1. The van der Waals surface area contributed by atoms with E-state index in [1.165, 1.54) is 12.4 Å². The molecule has 3 aromatic rings. The van der Waals surface area contributed by atoms with Gasteiger partial charge in [0.1, 0.15) is 11.5 Å². The predicted octanol–water partition coefficient (Wildman–Crippen LogP) is 2.52. The van der Waals surface area contributed by atoms with Gasteiger partial charge in [-0.15, -0.1) is 0 Å². The van der Waals surface area contributed by atoms with Crippen molar-refractivity contribution in [3.8, 4) is 11.3 Å². The van der Waals surface area contributed by atoms with Crippen LogP contribution in [0.2, 0.25) is 0 Å². The lowest BCUT2D eigenvalue weighted by molar-refractivity contribution is 0.0715. The lowest BCUT2D eigenvalue weighted by Crippen LogP contribution is -2.36. The molecule has 0 aliphatic carbocycles. The molecule has 1 aromatic carbocycles. The smallest absolute Gasteiger partial charge is 0.276 e. The van der Waals surface area contributed by atoms with Crippen LogP contribution in [0.15, 0.2) is 53.2 Å². The number of carbonyl (C=O) groups is 1. The zero-order valence-corrected chi connectivity index (χ0v) is 13.0. The number of hydrogen-bond acceptors (Lipinski definition) is 5. The van der Waals surface area contributed by atoms with E-state index in [9.17, 15) is 4.79 Å². The molecule has 0 fully saturated rings. The first kappa shape index (κ1) is 14.4. The normalized spacial score (nSPS) is 13.6. The second-order valence-electron chi connectivity index (χ2n) is 5.69. The molecule has 1 aliphatic heterocycles. The zero-order chi connectivity index (χ0) is 16.5. The van der Waals surface area contributed by atoms with Crippen molar-refractivity contribution in [2.24, 2.45) is 0 Å². The summed E-state index contributed by atoms with van der Waals surface area (Å²) in [6.07, 6.45) is 3.69. The van der Waals surface area contributed by atoms with Crippen LogP contribution in [-0.2, 0) is 13.0 Å². The van der Waals surface area contributed by atoms with Crippen LogP contribution >= 0.6 is 0 Å². The highest BCUT2D eigenvalue weighted by atomic mass is 16.3. The molecule has 0 spiro atoms. The lowest BCUT2D eigenvalue weighted by atomic mass is 10.1. The average Bonchev–Trinajstić information content (AvgIpc) is 3.05. The highest BCUT2D eigenvalue weighted by molar-refractivity contribution is 5.96. The molecule has 0 saturated carbocycles. The fourth-order valence-electron chi connectivity index (χ4n) is 2.90. The van der Waals surface area contributed by atoms with Crippen LogP contribution in [0.5, 0.6) is 0 Å². The Kier molecular flexibility index (Phi) is 3.49. The molecule has 6 heteroatoms. The molecule has 0 atom stereocenters. The van der Waals surface area contributed by atoms with Crippen LogP contribution in [0.3, 0.4) is 0 Å². The minimum absolute atomic E-state index is 0.151. The number of furan rings is 1. The van der Waals surface area contributed by atoms with E-state index in [0.717, 1.165) is 29.1 Å². The summed E-state index contributed by atoms with van der Waals surface area (Å²) >= 11 is 0. The molecule has 0 radical (unpaired) electrons. The van der Waals surface area contributed by atoms with Crippen molar-refractivity contribution in [1.29, 1.82) is 0 Å². The Labute approximate surface area is 138 Å². The topological polar surface area (TPSA) is 85.2 Å². The van der Waals surface area contributed by atoms with Gasteiger partial charge in [0.25, 0.3) is 5.91 Å². The number of nitrogens with zero attached hydrogens (tertiary/aromatic N) is 3. The summed E-state index contributed by atoms with van der Waals surface area (Å²) in [4.78, 5) is 22.3. The van der Waals surface area contributed by atoms with Gasteiger partial charge in [-0.25, -0.2) is 9.97 Å². The van der Waals surface area contributed by atoms with Gasteiger partial charge in [0.15, 0.2) is 11.5 Å². The number of nitrogen functional groups attached to an aromatic ring is 1. The number of hydrogen-bond donors (Lipinski definition) is 1. The maximum atomic E-state index is 12.6. The second-order valence-corrected chi connectivity index (χ2v) is 5.69. The van der Waals surface area contributed by atoms with Gasteiger partial charge in [-0.3, -0.25) is 4.79 Å². The molecule has 4 rings (SSSR count). The molecule has 6 nitrogen and oxygen atoms in total. The van der Waals surface area contributed by atoms with E-state index in [4.69, 9.17) is 10.2 Å². The van der Waals surface area contributed by atoms with Gasteiger partial charge in [0, 0.05) is 24.5 Å². The van der Waals surface area contributed by atoms with Crippen molar-refractivity contribution >= 4 is 11.7 Å². The molecular weight excluding hydrogens is 304 g/mol. The van der Waals surface area contributed by atoms with Gasteiger partial charge in [-0.2, -0.15) is 0 Å². The molecule has 0 unspecified atom stereocenters. The van der Waals surface area contributed by atoms with Gasteiger partial charge in [0.2, 0.25) is 0 Å². The van der Waals surface area contributed by atoms with Gasteiger partial charge < -0.3 is 15.1 Å². The summed E-state index contributed by atoms with van der Waals surface area (Å²) in [7, 11) is 0. The third-order valence-corrected chi connectivity index (χ3v) is 4.16. The number of fused-ring (bicyclic) bond motifs is 1. The highest BCUT2D eigenvalue weighted by Crippen LogP contribution is 2.30. The summed E-state index contributed by atoms with van der Waals surface area (Å²) in [5.41, 5.74) is 8.12. The average molecular weight is 320 g/mol. The molecule has 0 saturated heterocycles. The molecule has 1 aliphatic rings. The number of benzene rings is 1. The molecule has 3 heterocycles. The Bertz CT molecular complexity index is 889. The Morgan fingerprint density at radius 1 is 1.17 bits per heavy atom. The van der Waals surface area contributed by atoms with Gasteiger partial charge in [0.05, 0.1) is 6.54 Å². The number of nitrogens with two attached hydrogens (primary N) is 1. The van der Waals surface area contributed by atoms with Crippen LogP contribution in [0.4, 0.5) is 5.82 Å². The Hall–Kier alpha value is -3.15. The first-order valence-corrected chi connectivity index (χ1v) is 7.75. The van der Waals surface area contributed by atoms with E-state index in [0.29, 0.717) is 13.1 Å². The summed E-state index contributed by atoms with van der Waals surface area (Å²) in [5, 5.41) is 0. The van der Waals surface area contributed by atoms with Crippen molar-refractivity contribution in [1.82, 2.24) is 14.9 Å². The van der Waals surface area contributed by atoms with E-state index in [-0.39, 0.29) is 17.4 Å². The van der Waals surface area contributed by atoms with Crippen LogP contribution in [0.1, 0.15) is 21.8 Å². The van der Waals surface area contributed by atoms with E-state index in [2.05, 4.69) is 16.0 Å². The van der Waals surface area contributed by atoms with E-state index >= 15 is 0 Å². The Morgan fingerprint density at radius 3 is 2.75 bits per heavy atom. The molecule has 2 aromatic heterocycles. The fraction of sp³-hybridized carbons (Fsp3) is 0.167. The number of anilines is 1. The van der Waals surface area contributed by atoms with Crippen molar-refractivity contribution in [3.05, 3.63) is 65.8 Å². The first-order chi connectivity index (χ1) is 11.7. The quantitative estimate of drug-likeness (QED) is 0.784. The standard InChI is InChI=1S/C18H16N4O2/c19-17-16(20-7-8-21-17)18(23)22-9-6-13-10-14(24-15(13)11-22)12-4-2-1-3-5-12/h1-5,7-8,10H,6,9,11H2,(H2,19,21). The Morgan fingerprint density at radius 2 is 1.96 bits per heavy atom. The number of aromatic nitrogens is 2. The van der Waals surface area contributed by atoms with Gasteiger partial charge in [-0.05, 0) is 18.1 Å². The van der Waals surface area contributed by atoms with Crippen LogP contribution < -0.4 is 5.73 Å². The second kappa shape index (κ2) is 5.81. The Balaban J connectivity index is 1.59. The van der Waals surface area contributed by atoms with E-state index in [1.807, 2.05) is 30.3 Å². The molecule has 120 valence electrons. The highest BCUT2D eigenvalue weighted by Gasteiger charge is 2.27. The van der Waals surface area contributed by atoms with E-state index in [1.54, 1.807) is 4.90 Å². The van der Waals surface area contributed by atoms with Crippen molar-refractivity contribution < 1.29 is 9.21 Å². The van der Waals surface area contributed by atoms with Crippen LogP contribution in [0.25, 0.3) is 11.3 Å². The van der Waals surface area contributed by atoms with Crippen molar-refractivity contribution in [2.75, 3.05) is 12.3 Å². The predicted molar refractivity (Wildman–Crippen MR) is 89.0 cm³/mol. The summed E-state index contributed by atoms with van der Waals surface area (Å²) < 4.78 is 5.98. The molecule has 0 bridgehead atoms. The molecule has 2 N–H and O–H groups in total. The molecule has 24 heavy (non-hydrogen) atoms. The maximum absolute atomic E-state index is 12.6. The summed E-state index contributed by atoms with van der Waals surface area (Å²) in [6.45, 7) is 1.02. The number of rotatable bonds is 2. The third kappa shape index (κ3) is 2.52. The fourth-order valence-corrected chi connectivity index (χ4v) is 2.90. The zero-order valence-electron chi connectivity index (χ0n) is 13.0. The minimum atomic E-state index is -0.219. The molecule has 1 amide bonds. The third-order valence-electron chi connectivity index (χ3n) is 4.16. The monoisotopic (exact) mass is 320 g/mol. The first-order valence-electron chi connectivity index (χ1n) is 7.75. The largest absolute Gasteiger partial charge is 0.459 e. The van der Waals surface area contributed by atoms with Crippen LogP contribution in [-0.4, -0.2) is 27.3 Å². The molecular formula is C18H16N4O2. The lowest BCUT2D eigenvalue weighted by Gasteiger charge is -2.25. The van der Waals surface area contributed by atoms with E-state index < -0.39 is 0 Å². The number of carbonyl (C=O) groups excluding carboxylic acids is 1. The van der Waals surface area contributed by atoms with Gasteiger partial charge >= 0.3 is 0 Å². The van der Waals surface area contributed by atoms with Crippen LogP contribution in [0, 0.1) is 0 Å². The summed E-state index contributed by atoms with van der Waals surface area (Å²) in [6, 6.07) is 12.0. The SMILES string of the molecule is Nc1nccnc1C(=O)N1CCc2cc(-c3ccccc3)oc2C1.